The second kappa shape index (κ2) is 9.31. The summed E-state index contributed by atoms with van der Waals surface area (Å²) >= 11 is 0. The molecule has 0 radical (unpaired) electrons. The average Bonchev–Trinajstić information content (AvgIpc) is 3.10. The number of ketones is 2. The Morgan fingerprint density at radius 2 is 1.31 bits per heavy atom. The fourth-order valence-electron chi connectivity index (χ4n) is 5.30. The van der Waals surface area contributed by atoms with Gasteiger partial charge in [0.1, 0.15) is 0 Å². The monoisotopic (exact) mass is 470 g/mol. The molecule has 0 saturated heterocycles. The molecule has 176 valence electrons. The maximum Gasteiger partial charge on any atom is 0.193 e. The van der Waals surface area contributed by atoms with E-state index in [4.69, 9.17) is 0 Å². The second-order valence-electron chi connectivity index (χ2n) is 9.40. The van der Waals surface area contributed by atoms with Gasteiger partial charge in [-0.25, -0.2) is 0 Å². The topological polar surface area (TPSA) is 58.2 Å². The van der Waals surface area contributed by atoms with Gasteiger partial charge in [0.2, 0.25) is 0 Å². The van der Waals surface area contributed by atoms with Crippen molar-refractivity contribution < 1.29 is 9.59 Å². The highest BCUT2D eigenvalue weighted by Gasteiger charge is 2.36. The molecule has 2 aliphatic rings. The summed E-state index contributed by atoms with van der Waals surface area (Å²) in [6, 6.07) is 35.0. The Bertz CT molecular complexity index is 1460. The maximum atomic E-state index is 13.7. The molecule has 1 aliphatic carbocycles. The lowest BCUT2D eigenvalue weighted by atomic mass is 9.78. The van der Waals surface area contributed by atoms with Gasteiger partial charge >= 0.3 is 0 Å². The van der Waals surface area contributed by atoms with Crippen molar-refractivity contribution in [3.05, 3.63) is 143 Å². The SMILES string of the molecule is O=C1C[C@H](c2ccccc2)CC2=C1[C@H](c1ccccc1)Nc1ccc(C(=O)c3ccccc3)cc1N2. The smallest absolute Gasteiger partial charge is 0.193 e. The van der Waals surface area contributed by atoms with E-state index in [1.165, 1.54) is 5.56 Å². The zero-order valence-corrected chi connectivity index (χ0v) is 19.8. The van der Waals surface area contributed by atoms with E-state index in [0.717, 1.165) is 34.6 Å². The fraction of sp³-hybridized carbons (Fsp3) is 0.125. The first-order valence-corrected chi connectivity index (χ1v) is 12.3. The van der Waals surface area contributed by atoms with Crippen molar-refractivity contribution in [3.8, 4) is 0 Å². The molecule has 0 bridgehead atoms. The van der Waals surface area contributed by atoms with E-state index in [9.17, 15) is 9.59 Å². The molecule has 4 aromatic carbocycles. The Hall–Kier alpha value is -4.44. The molecule has 2 atom stereocenters. The molecular formula is C32H26N2O2. The number of Topliss-reactive ketones (excluding diaryl/α,β-unsaturated/α-hetero) is 1. The van der Waals surface area contributed by atoms with Crippen molar-refractivity contribution in [3.63, 3.8) is 0 Å². The number of hydrogen-bond acceptors (Lipinski definition) is 4. The summed E-state index contributed by atoms with van der Waals surface area (Å²) in [6.07, 6.45) is 1.20. The van der Waals surface area contributed by atoms with Crippen LogP contribution in [-0.2, 0) is 4.79 Å². The van der Waals surface area contributed by atoms with E-state index < -0.39 is 0 Å². The molecule has 1 heterocycles. The number of carbonyl (C=O) groups excluding carboxylic acids is 2. The third-order valence-corrected chi connectivity index (χ3v) is 7.10. The van der Waals surface area contributed by atoms with Gasteiger partial charge in [-0.2, -0.15) is 0 Å². The maximum absolute atomic E-state index is 13.7. The van der Waals surface area contributed by atoms with Gasteiger partial charge in [0, 0.05) is 28.8 Å². The van der Waals surface area contributed by atoms with Crippen LogP contribution < -0.4 is 10.6 Å². The van der Waals surface area contributed by atoms with Crippen molar-refractivity contribution >= 4 is 22.9 Å². The number of benzene rings is 4. The molecule has 0 unspecified atom stereocenters. The second-order valence-corrected chi connectivity index (χ2v) is 9.40. The van der Waals surface area contributed by atoms with E-state index >= 15 is 0 Å². The first kappa shape index (κ1) is 22.1. The van der Waals surface area contributed by atoms with Gasteiger partial charge in [-0.05, 0) is 41.7 Å². The Labute approximate surface area is 210 Å². The third-order valence-electron chi connectivity index (χ3n) is 7.10. The molecule has 36 heavy (non-hydrogen) atoms. The van der Waals surface area contributed by atoms with Gasteiger partial charge in [-0.15, -0.1) is 0 Å². The molecule has 1 aliphatic heterocycles. The highest BCUT2D eigenvalue weighted by atomic mass is 16.1. The van der Waals surface area contributed by atoms with Crippen LogP contribution in [0.15, 0.2) is 120 Å². The van der Waals surface area contributed by atoms with Crippen molar-refractivity contribution in [2.24, 2.45) is 0 Å². The van der Waals surface area contributed by atoms with E-state index in [0.29, 0.717) is 17.5 Å². The normalized spacial score (nSPS) is 18.8. The molecule has 2 N–H and O–H groups in total. The number of rotatable bonds is 4. The van der Waals surface area contributed by atoms with Crippen LogP contribution in [0.1, 0.15) is 51.8 Å². The molecule has 6 rings (SSSR count). The predicted molar refractivity (Wildman–Crippen MR) is 143 cm³/mol. The summed E-state index contributed by atoms with van der Waals surface area (Å²) in [5.41, 5.74) is 6.84. The largest absolute Gasteiger partial charge is 0.372 e. The molecule has 4 nitrogen and oxygen atoms in total. The number of nitrogens with one attached hydrogen (secondary N) is 2. The Balaban J connectivity index is 1.43. The Kier molecular flexibility index (Phi) is 5.70. The van der Waals surface area contributed by atoms with Gasteiger partial charge in [-0.3, -0.25) is 9.59 Å². The fourth-order valence-corrected chi connectivity index (χ4v) is 5.30. The van der Waals surface area contributed by atoms with E-state index in [1.54, 1.807) is 0 Å². The van der Waals surface area contributed by atoms with Crippen molar-refractivity contribution in [1.82, 2.24) is 0 Å². The highest BCUT2D eigenvalue weighted by Crippen LogP contribution is 2.44. The lowest BCUT2D eigenvalue weighted by Gasteiger charge is -2.30. The van der Waals surface area contributed by atoms with Gasteiger partial charge < -0.3 is 10.6 Å². The molecule has 4 aromatic rings. The number of allylic oxidation sites excluding steroid dienone is 1. The van der Waals surface area contributed by atoms with Crippen LogP contribution in [0, 0.1) is 0 Å². The van der Waals surface area contributed by atoms with Crippen molar-refractivity contribution in [1.29, 1.82) is 0 Å². The van der Waals surface area contributed by atoms with Crippen molar-refractivity contribution in [2.75, 3.05) is 10.6 Å². The summed E-state index contributed by atoms with van der Waals surface area (Å²) in [5, 5.41) is 7.20. The average molecular weight is 471 g/mol. The van der Waals surface area contributed by atoms with Gasteiger partial charge in [0.25, 0.3) is 0 Å². The van der Waals surface area contributed by atoms with Crippen LogP contribution in [-0.4, -0.2) is 11.6 Å². The number of anilines is 2. The molecule has 0 amide bonds. The molecule has 4 heteroatoms. The van der Waals surface area contributed by atoms with Gasteiger partial charge in [-0.1, -0.05) is 91.0 Å². The van der Waals surface area contributed by atoms with Crippen LogP contribution in [0.5, 0.6) is 0 Å². The molecule has 0 spiro atoms. The van der Waals surface area contributed by atoms with Crippen LogP contribution in [0.2, 0.25) is 0 Å². The van der Waals surface area contributed by atoms with E-state index in [2.05, 4.69) is 34.9 Å². The van der Waals surface area contributed by atoms with Crippen LogP contribution >= 0.6 is 0 Å². The van der Waals surface area contributed by atoms with Gasteiger partial charge in [0.05, 0.1) is 17.4 Å². The summed E-state index contributed by atoms with van der Waals surface area (Å²) in [5.74, 6) is 0.226. The van der Waals surface area contributed by atoms with Crippen molar-refractivity contribution in [2.45, 2.75) is 24.8 Å². The van der Waals surface area contributed by atoms with Crippen LogP contribution in [0.4, 0.5) is 11.4 Å². The third kappa shape index (κ3) is 4.11. The zero-order valence-electron chi connectivity index (χ0n) is 19.8. The highest BCUT2D eigenvalue weighted by molar-refractivity contribution is 6.10. The van der Waals surface area contributed by atoms with E-state index in [-0.39, 0.29) is 23.5 Å². The molecule has 0 fully saturated rings. The van der Waals surface area contributed by atoms with E-state index in [1.807, 2.05) is 84.9 Å². The van der Waals surface area contributed by atoms with Crippen LogP contribution in [0.3, 0.4) is 0 Å². The summed E-state index contributed by atoms with van der Waals surface area (Å²) in [6.45, 7) is 0. The molecule has 0 aromatic heterocycles. The molecule has 0 saturated carbocycles. The van der Waals surface area contributed by atoms with Gasteiger partial charge in [0.15, 0.2) is 11.6 Å². The number of carbonyl (C=O) groups is 2. The number of hydrogen-bond donors (Lipinski definition) is 2. The standard InChI is InChI=1S/C32H26N2O2/c35-29-20-25(21-10-4-1-5-11-21)19-28-30(29)31(22-12-6-2-7-13-22)34-26-17-16-24(18-27(26)33-28)32(36)23-14-8-3-9-15-23/h1-18,25,31,33-34H,19-20H2/t25-,31+/m1/s1. The minimum absolute atomic E-state index is 0.0276. The predicted octanol–water partition coefficient (Wildman–Crippen LogP) is 6.90. The summed E-state index contributed by atoms with van der Waals surface area (Å²) < 4.78 is 0. The molecular weight excluding hydrogens is 444 g/mol. The lowest BCUT2D eigenvalue weighted by Crippen LogP contribution is -2.26. The summed E-state index contributed by atoms with van der Waals surface area (Å²) in [7, 11) is 0. The Morgan fingerprint density at radius 3 is 2.00 bits per heavy atom. The minimum atomic E-state index is -0.269. The first-order chi connectivity index (χ1) is 17.7. The summed E-state index contributed by atoms with van der Waals surface area (Å²) in [4.78, 5) is 26.8. The quantitative estimate of drug-likeness (QED) is 0.319. The lowest BCUT2D eigenvalue weighted by molar-refractivity contribution is -0.116. The Morgan fingerprint density at radius 1 is 0.667 bits per heavy atom. The van der Waals surface area contributed by atoms with Crippen LogP contribution in [0.25, 0.3) is 0 Å². The zero-order chi connectivity index (χ0) is 24.5. The minimum Gasteiger partial charge on any atom is -0.372 e. The number of fused-ring (bicyclic) bond motifs is 1. The first-order valence-electron chi connectivity index (χ1n) is 12.3.